The molecule has 0 bridgehead atoms. The van der Waals surface area contributed by atoms with Gasteiger partial charge in [-0.2, -0.15) is 0 Å². The zero-order valence-corrected chi connectivity index (χ0v) is 11.9. The van der Waals surface area contributed by atoms with Gasteiger partial charge >= 0.3 is 6.09 Å². The first-order valence-electron chi connectivity index (χ1n) is 6.23. The van der Waals surface area contributed by atoms with Gasteiger partial charge in [-0.15, -0.1) is 0 Å². The molecule has 0 spiro atoms. The van der Waals surface area contributed by atoms with E-state index in [-0.39, 0.29) is 6.04 Å². The quantitative estimate of drug-likeness (QED) is 0.777. The van der Waals surface area contributed by atoms with Crippen molar-refractivity contribution >= 4 is 17.6 Å². The number of anilines is 2. The number of carbonyl (C=O) groups is 1. The van der Waals surface area contributed by atoms with Crippen LogP contribution in [0.4, 0.5) is 16.3 Å². The Morgan fingerprint density at radius 2 is 2.16 bits per heavy atom. The van der Waals surface area contributed by atoms with Gasteiger partial charge in [-0.25, -0.2) is 9.78 Å². The van der Waals surface area contributed by atoms with Gasteiger partial charge in [-0.1, -0.05) is 0 Å². The molecule has 1 aromatic rings. The smallest absolute Gasteiger partial charge is 0.413 e. The fourth-order valence-electron chi connectivity index (χ4n) is 1.30. The Morgan fingerprint density at radius 3 is 2.63 bits per heavy atom. The van der Waals surface area contributed by atoms with Gasteiger partial charge in [0.1, 0.15) is 11.4 Å². The molecule has 6 heteroatoms. The molecule has 1 unspecified atom stereocenters. The third kappa shape index (κ3) is 6.05. The summed E-state index contributed by atoms with van der Waals surface area (Å²) in [6.45, 7) is 7.94. The number of amides is 1. The Labute approximate surface area is 113 Å². The predicted molar refractivity (Wildman–Crippen MR) is 76.2 cm³/mol. The number of hydrogen-bond acceptors (Lipinski definition) is 5. The van der Waals surface area contributed by atoms with Gasteiger partial charge < -0.3 is 15.8 Å². The standard InChI is InChI=1S/C13H22N4O2/c1-9(7-14)16-10-5-6-11(15-8-10)17-12(18)19-13(2,3)4/h5-6,8-9,16H,7,14H2,1-4H3,(H,15,17,18). The summed E-state index contributed by atoms with van der Waals surface area (Å²) in [4.78, 5) is 15.7. The zero-order valence-electron chi connectivity index (χ0n) is 11.9. The Morgan fingerprint density at radius 1 is 1.47 bits per heavy atom. The lowest BCUT2D eigenvalue weighted by atomic mass is 10.2. The van der Waals surface area contributed by atoms with Crippen molar-refractivity contribution in [1.82, 2.24) is 4.98 Å². The summed E-state index contributed by atoms with van der Waals surface area (Å²) in [5.74, 6) is 0.445. The van der Waals surface area contributed by atoms with Gasteiger partial charge in [0.2, 0.25) is 0 Å². The van der Waals surface area contributed by atoms with Crippen LogP contribution in [0.15, 0.2) is 18.3 Å². The number of nitrogens with zero attached hydrogens (tertiary/aromatic N) is 1. The average Bonchev–Trinajstić information content (AvgIpc) is 2.29. The SMILES string of the molecule is CC(CN)Nc1ccc(NC(=O)OC(C)(C)C)nc1. The number of carbonyl (C=O) groups excluding carboxylic acids is 1. The first-order valence-corrected chi connectivity index (χ1v) is 6.23. The van der Waals surface area contributed by atoms with E-state index >= 15 is 0 Å². The first kappa shape index (κ1) is 15.2. The van der Waals surface area contributed by atoms with E-state index < -0.39 is 11.7 Å². The molecule has 0 radical (unpaired) electrons. The van der Waals surface area contributed by atoms with E-state index in [9.17, 15) is 4.79 Å². The maximum Gasteiger partial charge on any atom is 0.413 e. The minimum Gasteiger partial charge on any atom is -0.444 e. The van der Waals surface area contributed by atoms with Crippen LogP contribution in [0.2, 0.25) is 0 Å². The summed E-state index contributed by atoms with van der Waals surface area (Å²) in [6.07, 6.45) is 1.12. The maximum absolute atomic E-state index is 11.5. The normalized spacial score (nSPS) is 12.7. The summed E-state index contributed by atoms with van der Waals surface area (Å²) in [6, 6.07) is 3.70. The summed E-state index contributed by atoms with van der Waals surface area (Å²) < 4.78 is 5.13. The van der Waals surface area contributed by atoms with Crippen molar-refractivity contribution in [2.75, 3.05) is 17.2 Å². The minimum absolute atomic E-state index is 0.173. The highest BCUT2D eigenvalue weighted by molar-refractivity contribution is 5.83. The van der Waals surface area contributed by atoms with Crippen LogP contribution in [-0.2, 0) is 4.74 Å². The number of pyridine rings is 1. The largest absolute Gasteiger partial charge is 0.444 e. The van der Waals surface area contributed by atoms with Gasteiger partial charge in [0.25, 0.3) is 0 Å². The second kappa shape index (κ2) is 6.38. The fourth-order valence-corrected chi connectivity index (χ4v) is 1.30. The number of aromatic nitrogens is 1. The van der Waals surface area contributed by atoms with Gasteiger partial charge in [0, 0.05) is 12.6 Å². The molecule has 4 N–H and O–H groups in total. The van der Waals surface area contributed by atoms with Crippen molar-refractivity contribution in [3.63, 3.8) is 0 Å². The highest BCUT2D eigenvalue weighted by atomic mass is 16.6. The highest BCUT2D eigenvalue weighted by Crippen LogP contribution is 2.13. The predicted octanol–water partition coefficient (Wildman–Crippen LogP) is 2.19. The molecule has 0 saturated carbocycles. The van der Waals surface area contributed by atoms with Gasteiger partial charge in [0.15, 0.2) is 0 Å². The van der Waals surface area contributed by atoms with Gasteiger partial charge in [-0.05, 0) is 39.8 Å². The molecule has 1 aromatic heterocycles. The number of nitrogens with two attached hydrogens (primary N) is 1. The lowest BCUT2D eigenvalue weighted by Gasteiger charge is -2.19. The van der Waals surface area contributed by atoms with Crippen LogP contribution in [-0.4, -0.2) is 29.3 Å². The van der Waals surface area contributed by atoms with E-state index in [1.807, 2.05) is 13.0 Å². The Hall–Kier alpha value is -1.82. The van der Waals surface area contributed by atoms with Crippen molar-refractivity contribution in [2.24, 2.45) is 5.73 Å². The van der Waals surface area contributed by atoms with Gasteiger partial charge in [0.05, 0.1) is 11.9 Å². The van der Waals surface area contributed by atoms with E-state index in [0.29, 0.717) is 12.4 Å². The zero-order chi connectivity index (χ0) is 14.5. The highest BCUT2D eigenvalue weighted by Gasteiger charge is 2.16. The molecule has 1 heterocycles. The van der Waals surface area contributed by atoms with E-state index in [4.69, 9.17) is 10.5 Å². The van der Waals surface area contributed by atoms with Crippen molar-refractivity contribution in [1.29, 1.82) is 0 Å². The number of nitrogens with one attached hydrogen (secondary N) is 2. The van der Waals surface area contributed by atoms with Crippen molar-refractivity contribution < 1.29 is 9.53 Å². The summed E-state index contributed by atoms with van der Waals surface area (Å²) in [5.41, 5.74) is 5.85. The average molecular weight is 266 g/mol. The minimum atomic E-state index is -0.526. The lowest BCUT2D eigenvalue weighted by molar-refractivity contribution is 0.0635. The van der Waals surface area contributed by atoms with Crippen LogP contribution in [0.25, 0.3) is 0 Å². The topological polar surface area (TPSA) is 89.3 Å². The molecular formula is C13H22N4O2. The van der Waals surface area contributed by atoms with Crippen LogP contribution in [0.1, 0.15) is 27.7 Å². The summed E-state index contributed by atoms with van der Waals surface area (Å²) in [7, 11) is 0. The monoisotopic (exact) mass is 266 g/mol. The lowest BCUT2D eigenvalue weighted by Crippen LogP contribution is -2.27. The molecule has 0 saturated heterocycles. The number of hydrogen-bond donors (Lipinski definition) is 3. The molecule has 0 aliphatic heterocycles. The molecule has 0 fully saturated rings. The van der Waals surface area contributed by atoms with Crippen LogP contribution in [0, 0.1) is 0 Å². The second-order valence-corrected chi connectivity index (χ2v) is 5.34. The van der Waals surface area contributed by atoms with Crippen LogP contribution in [0.5, 0.6) is 0 Å². The molecule has 6 nitrogen and oxygen atoms in total. The molecule has 19 heavy (non-hydrogen) atoms. The Balaban J connectivity index is 2.55. The Bertz CT molecular complexity index is 412. The summed E-state index contributed by atoms with van der Waals surface area (Å²) >= 11 is 0. The first-order chi connectivity index (χ1) is 8.80. The third-order valence-corrected chi connectivity index (χ3v) is 2.16. The Kier molecular flexibility index (Phi) is 5.11. The van der Waals surface area contributed by atoms with Crippen LogP contribution >= 0.6 is 0 Å². The molecule has 0 aliphatic carbocycles. The maximum atomic E-state index is 11.5. The van der Waals surface area contributed by atoms with Crippen molar-refractivity contribution in [2.45, 2.75) is 39.3 Å². The fraction of sp³-hybridized carbons (Fsp3) is 0.538. The van der Waals surface area contributed by atoms with Gasteiger partial charge in [-0.3, -0.25) is 5.32 Å². The van der Waals surface area contributed by atoms with Crippen molar-refractivity contribution in [3.05, 3.63) is 18.3 Å². The molecule has 0 aliphatic rings. The number of rotatable bonds is 4. The van der Waals surface area contributed by atoms with Crippen molar-refractivity contribution in [3.8, 4) is 0 Å². The van der Waals surface area contributed by atoms with E-state index in [1.165, 1.54) is 0 Å². The molecule has 106 valence electrons. The van der Waals surface area contributed by atoms with E-state index in [2.05, 4.69) is 15.6 Å². The molecule has 0 aromatic carbocycles. The molecule has 1 amide bonds. The second-order valence-electron chi connectivity index (χ2n) is 5.34. The van der Waals surface area contributed by atoms with Crippen LogP contribution < -0.4 is 16.4 Å². The third-order valence-electron chi connectivity index (χ3n) is 2.16. The van der Waals surface area contributed by atoms with E-state index in [1.54, 1.807) is 33.0 Å². The molecular weight excluding hydrogens is 244 g/mol. The van der Waals surface area contributed by atoms with E-state index in [0.717, 1.165) is 5.69 Å². The van der Waals surface area contributed by atoms with Crippen LogP contribution in [0.3, 0.4) is 0 Å². The molecule has 1 rings (SSSR count). The summed E-state index contributed by atoms with van der Waals surface area (Å²) in [5, 5.41) is 5.75. The molecule has 1 atom stereocenters. The number of ether oxygens (including phenoxy) is 1.